The third kappa shape index (κ3) is 5.00. The maximum absolute atomic E-state index is 13.0. The Morgan fingerprint density at radius 2 is 1.94 bits per heavy atom. The third-order valence-electron chi connectivity index (χ3n) is 5.02. The first-order valence-electron chi connectivity index (χ1n) is 9.87. The number of benzene rings is 2. The summed E-state index contributed by atoms with van der Waals surface area (Å²) in [7, 11) is 1.22. The first-order valence-corrected chi connectivity index (χ1v) is 10.7. The molecule has 166 valence electrons. The van der Waals surface area contributed by atoms with E-state index in [2.05, 4.69) is 21.4 Å². The second kappa shape index (κ2) is 9.13. The maximum atomic E-state index is 13.0. The smallest absolute Gasteiger partial charge is 0.419 e. The first-order chi connectivity index (χ1) is 15.3. The van der Waals surface area contributed by atoms with Crippen LogP contribution in [0.4, 0.5) is 18.3 Å². The number of nitrogens with two attached hydrogens (primary N) is 1. The van der Waals surface area contributed by atoms with Gasteiger partial charge in [-0.3, -0.25) is 4.98 Å². The molecule has 0 aliphatic heterocycles. The van der Waals surface area contributed by atoms with Crippen LogP contribution < -0.4 is 15.8 Å². The van der Waals surface area contributed by atoms with Crippen molar-refractivity contribution in [2.45, 2.75) is 18.6 Å². The van der Waals surface area contributed by atoms with E-state index in [-0.39, 0.29) is 11.8 Å². The molecule has 0 aliphatic carbocycles. The third-order valence-corrected chi connectivity index (χ3v) is 6.02. The molecule has 2 aromatic carbocycles. The summed E-state index contributed by atoms with van der Waals surface area (Å²) in [5.41, 5.74) is 7.13. The van der Waals surface area contributed by atoms with Crippen LogP contribution in [0.15, 0.2) is 61.1 Å². The molecule has 4 rings (SSSR count). The minimum Gasteiger partial charge on any atom is -0.496 e. The van der Waals surface area contributed by atoms with Crippen molar-refractivity contribution in [3.63, 3.8) is 0 Å². The number of halogens is 3. The standard InChI is InChI=1S/C23H21F3N4OS/c1-31-20-9-14(2-5-19(20)23(24,25)26)8-18(27)12-29-22-30-13-21(32-22)16-4-3-15-6-7-28-11-17(15)10-16/h2-7,9-11,13,18H,8,12,27H2,1H3,(H,29,30). The highest BCUT2D eigenvalue weighted by molar-refractivity contribution is 7.18. The average molecular weight is 459 g/mol. The number of rotatable bonds is 7. The molecule has 1 unspecified atom stereocenters. The molecule has 3 N–H and O–H groups in total. The number of pyridine rings is 1. The van der Waals surface area contributed by atoms with E-state index in [0.717, 1.165) is 32.4 Å². The molecule has 0 spiro atoms. The van der Waals surface area contributed by atoms with Gasteiger partial charge in [0.05, 0.1) is 17.6 Å². The molecule has 0 aliphatic rings. The second-order valence-corrected chi connectivity index (χ2v) is 8.38. The van der Waals surface area contributed by atoms with Crippen molar-refractivity contribution in [1.82, 2.24) is 9.97 Å². The molecule has 0 bridgehead atoms. The number of fused-ring (bicyclic) bond motifs is 1. The molecule has 0 fully saturated rings. The van der Waals surface area contributed by atoms with Gasteiger partial charge in [0.2, 0.25) is 0 Å². The van der Waals surface area contributed by atoms with Crippen LogP contribution in [0.25, 0.3) is 21.2 Å². The van der Waals surface area contributed by atoms with E-state index in [9.17, 15) is 13.2 Å². The average Bonchev–Trinajstić information content (AvgIpc) is 3.25. The fourth-order valence-corrected chi connectivity index (χ4v) is 4.24. The molecule has 4 aromatic rings. The largest absolute Gasteiger partial charge is 0.496 e. The Morgan fingerprint density at radius 1 is 1.09 bits per heavy atom. The van der Waals surface area contributed by atoms with Gasteiger partial charge in [0, 0.05) is 36.6 Å². The summed E-state index contributed by atoms with van der Waals surface area (Å²) in [5, 5.41) is 6.12. The van der Waals surface area contributed by atoms with E-state index in [4.69, 9.17) is 10.5 Å². The molecular weight excluding hydrogens is 437 g/mol. The predicted molar refractivity (Wildman–Crippen MR) is 121 cm³/mol. The molecule has 2 heterocycles. The highest BCUT2D eigenvalue weighted by Gasteiger charge is 2.34. The van der Waals surface area contributed by atoms with Gasteiger partial charge >= 0.3 is 6.18 Å². The van der Waals surface area contributed by atoms with Crippen molar-refractivity contribution in [2.24, 2.45) is 5.73 Å². The van der Waals surface area contributed by atoms with Gasteiger partial charge in [0.15, 0.2) is 5.13 Å². The van der Waals surface area contributed by atoms with Crippen LogP contribution in [0.5, 0.6) is 5.75 Å². The summed E-state index contributed by atoms with van der Waals surface area (Å²) in [4.78, 5) is 9.58. The minimum absolute atomic E-state index is 0.203. The molecule has 1 atom stereocenters. The number of hydrogen-bond acceptors (Lipinski definition) is 6. The van der Waals surface area contributed by atoms with Gasteiger partial charge in [0.1, 0.15) is 5.75 Å². The Balaban J connectivity index is 1.38. The summed E-state index contributed by atoms with van der Waals surface area (Å²) in [6, 6.07) is 11.7. The summed E-state index contributed by atoms with van der Waals surface area (Å²) in [6.07, 6.45) is 1.33. The number of aromatic nitrogens is 2. The van der Waals surface area contributed by atoms with E-state index in [0.29, 0.717) is 18.5 Å². The predicted octanol–water partition coefficient (Wildman–Crippen LogP) is 5.37. The van der Waals surface area contributed by atoms with Crippen molar-refractivity contribution < 1.29 is 17.9 Å². The highest BCUT2D eigenvalue weighted by Crippen LogP contribution is 2.36. The van der Waals surface area contributed by atoms with E-state index in [1.54, 1.807) is 12.4 Å². The topological polar surface area (TPSA) is 73.1 Å². The number of alkyl halides is 3. The SMILES string of the molecule is COc1cc(CC(N)CNc2ncc(-c3ccc4ccncc4c3)s2)ccc1C(F)(F)F. The van der Waals surface area contributed by atoms with Crippen LogP contribution in [0.1, 0.15) is 11.1 Å². The van der Waals surface area contributed by atoms with Gasteiger partial charge < -0.3 is 15.8 Å². The summed E-state index contributed by atoms with van der Waals surface area (Å²) in [6.45, 7) is 0.429. The molecule has 0 radical (unpaired) electrons. The van der Waals surface area contributed by atoms with Crippen LogP contribution in [0.2, 0.25) is 0 Å². The van der Waals surface area contributed by atoms with Crippen molar-refractivity contribution in [2.75, 3.05) is 19.0 Å². The zero-order valence-corrected chi connectivity index (χ0v) is 18.0. The molecule has 5 nitrogen and oxygen atoms in total. The van der Waals surface area contributed by atoms with Crippen molar-refractivity contribution in [1.29, 1.82) is 0 Å². The molecule has 0 amide bonds. The van der Waals surface area contributed by atoms with Crippen molar-refractivity contribution in [3.05, 3.63) is 72.2 Å². The van der Waals surface area contributed by atoms with E-state index in [1.807, 2.05) is 24.4 Å². The van der Waals surface area contributed by atoms with Gasteiger partial charge in [-0.1, -0.05) is 29.5 Å². The van der Waals surface area contributed by atoms with Gasteiger partial charge in [0.25, 0.3) is 0 Å². The Bertz CT molecular complexity index is 1230. The van der Waals surface area contributed by atoms with Crippen LogP contribution in [-0.2, 0) is 12.6 Å². The number of methoxy groups -OCH3 is 1. The normalized spacial score (nSPS) is 12.7. The van der Waals surface area contributed by atoms with Gasteiger partial charge in [-0.25, -0.2) is 4.98 Å². The highest BCUT2D eigenvalue weighted by atomic mass is 32.1. The fraction of sp³-hybridized carbons (Fsp3) is 0.217. The quantitative estimate of drug-likeness (QED) is 0.390. The number of nitrogens with one attached hydrogen (secondary N) is 1. The first kappa shape index (κ1) is 22.0. The van der Waals surface area contributed by atoms with Crippen molar-refractivity contribution in [3.8, 4) is 16.2 Å². The summed E-state index contributed by atoms with van der Waals surface area (Å²) in [5.74, 6) is -0.203. The summed E-state index contributed by atoms with van der Waals surface area (Å²) >= 11 is 1.51. The Labute approximate surface area is 187 Å². The Morgan fingerprint density at radius 3 is 2.72 bits per heavy atom. The molecule has 0 saturated heterocycles. The van der Waals surface area contributed by atoms with E-state index < -0.39 is 11.7 Å². The lowest BCUT2D eigenvalue weighted by atomic mass is 10.0. The molecule has 2 aromatic heterocycles. The molecule has 0 saturated carbocycles. The number of ether oxygens (including phenoxy) is 1. The zero-order valence-electron chi connectivity index (χ0n) is 17.2. The van der Waals surface area contributed by atoms with Gasteiger partial charge in [-0.15, -0.1) is 0 Å². The molecule has 32 heavy (non-hydrogen) atoms. The maximum Gasteiger partial charge on any atom is 0.419 e. The van der Waals surface area contributed by atoms with Crippen LogP contribution in [0.3, 0.4) is 0 Å². The van der Waals surface area contributed by atoms with Gasteiger partial charge in [-0.2, -0.15) is 13.2 Å². The second-order valence-electron chi connectivity index (χ2n) is 7.34. The Kier molecular flexibility index (Phi) is 6.29. The van der Waals surface area contributed by atoms with Crippen LogP contribution in [0, 0.1) is 0 Å². The molecule has 9 heteroatoms. The monoisotopic (exact) mass is 458 g/mol. The molecular formula is C23H21F3N4OS. The Hall–Kier alpha value is -3.17. The van der Waals surface area contributed by atoms with Crippen LogP contribution in [-0.4, -0.2) is 29.7 Å². The lowest BCUT2D eigenvalue weighted by Crippen LogP contribution is -2.31. The lowest BCUT2D eigenvalue weighted by molar-refractivity contribution is -0.138. The summed E-state index contributed by atoms with van der Waals surface area (Å²) < 4.78 is 44.0. The van der Waals surface area contributed by atoms with Crippen LogP contribution >= 0.6 is 11.3 Å². The number of hydrogen-bond donors (Lipinski definition) is 2. The van der Waals surface area contributed by atoms with Crippen molar-refractivity contribution >= 4 is 27.2 Å². The minimum atomic E-state index is -4.46. The number of thiazole rings is 1. The zero-order chi connectivity index (χ0) is 22.7. The van der Waals surface area contributed by atoms with Gasteiger partial charge in [-0.05, 0) is 47.2 Å². The number of nitrogens with zero attached hydrogens (tertiary/aromatic N) is 2. The van der Waals surface area contributed by atoms with E-state index >= 15 is 0 Å². The fourth-order valence-electron chi connectivity index (χ4n) is 3.42. The van der Waals surface area contributed by atoms with E-state index in [1.165, 1.54) is 30.6 Å². The lowest BCUT2D eigenvalue weighted by Gasteiger charge is -2.16. The number of anilines is 1.